The van der Waals surface area contributed by atoms with Crippen LogP contribution < -0.4 is 10.6 Å². The first-order chi connectivity index (χ1) is 11.8. The number of nitrogens with one attached hydrogen (secondary N) is 2. The van der Waals surface area contributed by atoms with E-state index < -0.39 is 0 Å². The maximum absolute atomic E-state index is 3.86. The van der Waals surface area contributed by atoms with Crippen molar-refractivity contribution in [2.24, 2.45) is 46.3 Å². The van der Waals surface area contributed by atoms with Gasteiger partial charge < -0.3 is 10.6 Å². The van der Waals surface area contributed by atoms with Gasteiger partial charge in [-0.2, -0.15) is 0 Å². The molecular formula is C23H42N2. The molecule has 25 heavy (non-hydrogen) atoms. The van der Waals surface area contributed by atoms with Gasteiger partial charge in [0.1, 0.15) is 0 Å². The minimum Gasteiger partial charge on any atom is -0.315 e. The quantitative estimate of drug-likeness (QED) is 0.698. The smallest absolute Gasteiger partial charge is 0.0164 e. The maximum atomic E-state index is 3.86. The van der Waals surface area contributed by atoms with E-state index in [0.29, 0.717) is 16.9 Å². The van der Waals surface area contributed by atoms with Crippen LogP contribution in [0.15, 0.2) is 0 Å². The van der Waals surface area contributed by atoms with Crippen LogP contribution in [-0.4, -0.2) is 25.7 Å². The fourth-order valence-electron chi connectivity index (χ4n) is 7.32. The van der Waals surface area contributed by atoms with Gasteiger partial charge in [-0.25, -0.2) is 0 Å². The monoisotopic (exact) mass is 346 g/mol. The molecule has 0 amide bonds. The predicted molar refractivity (Wildman–Crippen MR) is 107 cm³/mol. The third kappa shape index (κ3) is 3.10. The van der Waals surface area contributed by atoms with Crippen molar-refractivity contribution in [1.29, 1.82) is 0 Å². The lowest BCUT2D eigenvalue weighted by Crippen LogP contribution is -2.55. The third-order valence-corrected chi connectivity index (χ3v) is 9.59. The van der Waals surface area contributed by atoms with Gasteiger partial charge in [-0.05, 0) is 105 Å². The summed E-state index contributed by atoms with van der Waals surface area (Å²) >= 11 is 0. The van der Waals surface area contributed by atoms with Gasteiger partial charge in [0.15, 0.2) is 0 Å². The summed E-state index contributed by atoms with van der Waals surface area (Å²) < 4.78 is 0. The Balaban J connectivity index is 1.15. The first-order valence-electron chi connectivity index (χ1n) is 11.2. The standard InChI is InChI=1S/C23H42N2/c1-15(25-14-17-7-9-19-11-21(17)23(19,4)5)12-24-13-16-6-8-18-10-20(16)22(18,2)3/h15-21,24-25H,6-14H2,1-5H3/t15?,16-,17?,18?,19?,20-,21-/m0/s1. The van der Waals surface area contributed by atoms with E-state index in [2.05, 4.69) is 45.3 Å². The lowest BCUT2D eigenvalue weighted by Gasteiger charge is -2.60. The molecular weight excluding hydrogens is 304 g/mol. The summed E-state index contributed by atoms with van der Waals surface area (Å²) in [6, 6.07) is 0.603. The van der Waals surface area contributed by atoms with Crippen molar-refractivity contribution in [3.63, 3.8) is 0 Å². The molecule has 6 saturated carbocycles. The average molecular weight is 347 g/mol. The van der Waals surface area contributed by atoms with Crippen LogP contribution in [0.2, 0.25) is 0 Å². The van der Waals surface area contributed by atoms with Crippen molar-refractivity contribution in [3.8, 4) is 0 Å². The topological polar surface area (TPSA) is 24.1 Å². The van der Waals surface area contributed by atoms with Gasteiger partial charge in [0, 0.05) is 12.6 Å². The lowest BCUT2D eigenvalue weighted by atomic mass is 9.45. The molecule has 6 rings (SSSR count). The molecule has 6 fully saturated rings. The van der Waals surface area contributed by atoms with E-state index in [-0.39, 0.29) is 0 Å². The Hall–Kier alpha value is -0.0800. The van der Waals surface area contributed by atoms with E-state index in [1.54, 1.807) is 0 Å². The molecule has 2 nitrogen and oxygen atoms in total. The largest absolute Gasteiger partial charge is 0.315 e. The molecule has 4 unspecified atom stereocenters. The van der Waals surface area contributed by atoms with Crippen LogP contribution in [0.25, 0.3) is 0 Å². The number of hydrogen-bond acceptors (Lipinski definition) is 2. The zero-order valence-electron chi connectivity index (χ0n) is 17.4. The number of hydrogen-bond donors (Lipinski definition) is 2. The van der Waals surface area contributed by atoms with Crippen molar-refractivity contribution in [2.45, 2.75) is 79.2 Å². The number of fused-ring (bicyclic) bond motifs is 4. The van der Waals surface area contributed by atoms with Crippen LogP contribution in [0.5, 0.6) is 0 Å². The highest BCUT2D eigenvalue weighted by atomic mass is 15.0. The molecule has 0 heterocycles. The van der Waals surface area contributed by atoms with Gasteiger partial charge in [0.25, 0.3) is 0 Å². The molecule has 2 heteroatoms. The van der Waals surface area contributed by atoms with Gasteiger partial charge in [-0.1, -0.05) is 27.7 Å². The van der Waals surface area contributed by atoms with Gasteiger partial charge in [-0.3, -0.25) is 0 Å². The van der Waals surface area contributed by atoms with Crippen molar-refractivity contribution in [2.75, 3.05) is 19.6 Å². The van der Waals surface area contributed by atoms with Crippen LogP contribution in [0.3, 0.4) is 0 Å². The molecule has 0 aromatic heterocycles. The first-order valence-corrected chi connectivity index (χ1v) is 11.2. The van der Waals surface area contributed by atoms with Crippen LogP contribution in [0.4, 0.5) is 0 Å². The van der Waals surface area contributed by atoms with E-state index >= 15 is 0 Å². The second-order valence-corrected chi connectivity index (χ2v) is 11.4. The fraction of sp³-hybridized carbons (Fsp3) is 1.00. The summed E-state index contributed by atoms with van der Waals surface area (Å²) in [5.74, 6) is 5.87. The Kier molecular flexibility index (Phi) is 4.77. The minimum absolute atomic E-state index is 0.603. The molecule has 144 valence electrons. The lowest BCUT2D eigenvalue weighted by molar-refractivity contribution is -0.104. The highest BCUT2D eigenvalue weighted by Crippen LogP contribution is 2.62. The van der Waals surface area contributed by atoms with E-state index in [1.165, 1.54) is 51.6 Å². The van der Waals surface area contributed by atoms with E-state index in [9.17, 15) is 0 Å². The summed E-state index contributed by atoms with van der Waals surface area (Å²) in [5, 5.41) is 7.67. The molecule has 7 atom stereocenters. The highest BCUT2D eigenvalue weighted by molar-refractivity contribution is 5.04. The second-order valence-electron chi connectivity index (χ2n) is 11.4. The van der Waals surface area contributed by atoms with Crippen LogP contribution in [0.1, 0.15) is 73.1 Å². The summed E-state index contributed by atoms with van der Waals surface area (Å²) in [6.07, 6.45) is 8.89. The molecule has 6 aliphatic carbocycles. The molecule has 0 aromatic rings. The normalized spacial score (nSPS) is 44.5. The molecule has 0 aromatic carbocycles. The minimum atomic E-state index is 0.603. The third-order valence-electron chi connectivity index (χ3n) is 9.59. The Labute approximate surface area is 156 Å². The summed E-state index contributed by atoms with van der Waals surface area (Å²) in [5.41, 5.74) is 1.25. The van der Waals surface area contributed by atoms with Crippen molar-refractivity contribution < 1.29 is 0 Å². The zero-order valence-corrected chi connectivity index (χ0v) is 17.4. The summed E-state index contributed by atoms with van der Waals surface area (Å²) in [4.78, 5) is 0. The van der Waals surface area contributed by atoms with E-state index in [1.807, 2.05) is 0 Å². The molecule has 4 bridgehead atoms. The van der Waals surface area contributed by atoms with Crippen molar-refractivity contribution in [3.05, 3.63) is 0 Å². The summed E-state index contributed by atoms with van der Waals surface area (Å²) in [6.45, 7) is 16.0. The molecule has 0 spiro atoms. The Morgan fingerprint density at radius 1 is 0.800 bits per heavy atom. The fourth-order valence-corrected chi connectivity index (χ4v) is 7.32. The Morgan fingerprint density at radius 3 is 1.80 bits per heavy atom. The maximum Gasteiger partial charge on any atom is 0.0164 e. The number of rotatable bonds is 7. The van der Waals surface area contributed by atoms with Crippen molar-refractivity contribution in [1.82, 2.24) is 10.6 Å². The zero-order chi connectivity index (χ0) is 17.8. The second kappa shape index (κ2) is 6.51. The molecule has 6 aliphatic rings. The van der Waals surface area contributed by atoms with Gasteiger partial charge in [0.05, 0.1) is 0 Å². The molecule has 2 N–H and O–H groups in total. The van der Waals surface area contributed by atoms with Gasteiger partial charge >= 0.3 is 0 Å². The first kappa shape index (κ1) is 18.3. The van der Waals surface area contributed by atoms with Gasteiger partial charge in [0.2, 0.25) is 0 Å². The molecule has 0 saturated heterocycles. The highest BCUT2D eigenvalue weighted by Gasteiger charge is 2.54. The van der Waals surface area contributed by atoms with Crippen LogP contribution in [-0.2, 0) is 0 Å². The molecule has 0 radical (unpaired) electrons. The van der Waals surface area contributed by atoms with Crippen molar-refractivity contribution >= 4 is 0 Å². The Morgan fingerprint density at radius 2 is 1.32 bits per heavy atom. The van der Waals surface area contributed by atoms with Crippen LogP contribution >= 0.6 is 0 Å². The van der Waals surface area contributed by atoms with Gasteiger partial charge in [-0.15, -0.1) is 0 Å². The van der Waals surface area contributed by atoms with E-state index in [4.69, 9.17) is 0 Å². The SMILES string of the molecule is CC(CNC[C@@H]1CCC2C[C@@H]1C2(C)C)NCC1CCC2C[C@@H]1C2(C)C. The van der Waals surface area contributed by atoms with Crippen LogP contribution in [0, 0.1) is 46.3 Å². The average Bonchev–Trinajstić information content (AvgIpc) is 2.60. The molecule has 0 aliphatic heterocycles. The predicted octanol–water partition coefficient (Wildman–Crippen LogP) is 4.70. The summed E-state index contributed by atoms with van der Waals surface area (Å²) in [7, 11) is 0. The Bertz CT molecular complexity index is 478. The van der Waals surface area contributed by atoms with E-state index in [0.717, 1.165) is 42.1 Å².